The van der Waals surface area contributed by atoms with E-state index in [9.17, 15) is 27.9 Å². The summed E-state index contributed by atoms with van der Waals surface area (Å²) in [4.78, 5) is 25.5. The van der Waals surface area contributed by atoms with Crippen molar-refractivity contribution in [2.24, 2.45) is 11.3 Å². The molecule has 8 heteroatoms. The van der Waals surface area contributed by atoms with Crippen molar-refractivity contribution in [2.45, 2.75) is 39.5 Å². The van der Waals surface area contributed by atoms with Gasteiger partial charge in [0.05, 0.1) is 5.41 Å². The quantitative estimate of drug-likeness (QED) is 0.829. The molecule has 1 heterocycles. The molecular weight excluding hydrogens is 351 g/mol. The number of ether oxygens (including phenoxy) is 1. The van der Waals surface area contributed by atoms with Crippen molar-refractivity contribution in [2.75, 3.05) is 13.1 Å². The van der Waals surface area contributed by atoms with Gasteiger partial charge in [-0.1, -0.05) is 32.0 Å². The highest BCUT2D eigenvalue weighted by atomic mass is 19.4. The third-order valence-electron chi connectivity index (χ3n) is 4.99. The maximum Gasteiger partial charge on any atom is 0.573 e. The Kier molecular flexibility index (Phi) is 5.83. The minimum absolute atomic E-state index is 0.00791. The van der Waals surface area contributed by atoms with E-state index in [1.165, 1.54) is 23.1 Å². The number of aryl methyl sites for hydroxylation is 1. The fourth-order valence-electron chi connectivity index (χ4n) is 3.27. The predicted octanol–water partition coefficient (Wildman–Crippen LogP) is 3.48. The molecule has 26 heavy (non-hydrogen) atoms. The highest BCUT2D eigenvalue weighted by molar-refractivity contribution is 5.81. The summed E-state index contributed by atoms with van der Waals surface area (Å²) >= 11 is 0. The number of alkyl halides is 3. The summed E-state index contributed by atoms with van der Waals surface area (Å²) in [5, 5.41) is 9.53. The summed E-state index contributed by atoms with van der Waals surface area (Å²) in [5.74, 6) is -1.64. The summed E-state index contributed by atoms with van der Waals surface area (Å²) in [6, 6.07) is 5.69. The number of hydrogen-bond acceptors (Lipinski definition) is 3. The zero-order valence-corrected chi connectivity index (χ0v) is 14.7. The molecule has 5 nitrogen and oxygen atoms in total. The Morgan fingerprint density at radius 2 is 1.96 bits per heavy atom. The first-order chi connectivity index (χ1) is 12.0. The van der Waals surface area contributed by atoms with E-state index in [-0.39, 0.29) is 42.5 Å². The summed E-state index contributed by atoms with van der Waals surface area (Å²) in [6.07, 6.45) is -4.34. The van der Waals surface area contributed by atoms with E-state index >= 15 is 0 Å². The van der Waals surface area contributed by atoms with Gasteiger partial charge in [0.1, 0.15) is 5.75 Å². The third kappa shape index (κ3) is 4.47. The SMILES string of the molecule is CC(C)C1(C(=O)O)CCN(C(=O)CCc2ccccc2OC(F)(F)F)C1. The molecule has 0 aliphatic carbocycles. The second-order valence-electron chi connectivity index (χ2n) is 6.84. The molecule has 0 aromatic heterocycles. The van der Waals surface area contributed by atoms with E-state index < -0.39 is 17.7 Å². The Balaban J connectivity index is 2.01. The number of para-hydroxylation sites is 1. The maximum absolute atomic E-state index is 12.4. The molecule has 0 spiro atoms. The Morgan fingerprint density at radius 1 is 1.31 bits per heavy atom. The van der Waals surface area contributed by atoms with Crippen LogP contribution in [0.2, 0.25) is 0 Å². The van der Waals surface area contributed by atoms with Crippen molar-refractivity contribution in [1.82, 2.24) is 4.90 Å². The van der Waals surface area contributed by atoms with Gasteiger partial charge in [0.2, 0.25) is 5.91 Å². The number of amides is 1. The topological polar surface area (TPSA) is 66.8 Å². The van der Waals surface area contributed by atoms with Crippen molar-refractivity contribution in [3.63, 3.8) is 0 Å². The molecular formula is C18H22F3NO4. The van der Waals surface area contributed by atoms with Gasteiger partial charge in [0.15, 0.2) is 0 Å². The number of benzene rings is 1. The number of carbonyl (C=O) groups is 2. The highest BCUT2D eigenvalue weighted by Crippen LogP contribution is 2.38. The first-order valence-corrected chi connectivity index (χ1v) is 8.40. The van der Waals surface area contributed by atoms with Gasteiger partial charge in [0, 0.05) is 19.5 Å². The average Bonchev–Trinajstić information content (AvgIpc) is 2.99. The smallest absolute Gasteiger partial charge is 0.481 e. The number of rotatable bonds is 6. The molecule has 1 unspecified atom stereocenters. The number of halogens is 3. The van der Waals surface area contributed by atoms with Crippen molar-refractivity contribution in [1.29, 1.82) is 0 Å². The second kappa shape index (κ2) is 7.55. The molecule has 1 aliphatic rings. The van der Waals surface area contributed by atoms with Crippen LogP contribution in [0.4, 0.5) is 13.2 Å². The lowest BCUT2D eigenvalue weighted by atomic mass is 9.76. The number of carboxylic acids is 1. The highest BCUT2D eigenvalue weighted by Gasteiger charge is 2.48. The molecule has 1 N–H and O–H groups in total. The Morgan fingerprint density at radius 3 is 2.50 bits per heavy atom. The molecule has 144 valence electrons. The van der Waals surface area contributed by atoms with Crippen LogP contribution in [0.3, 0.4) is 0 Å². The second-order valence-corrected chi connectivity index (χ2v) is 6.84. The van der Waals surface area contributed by atoms with Crippen LogP contribution in [0, 0.1) is 11.3 Å². The molecule has 1 atom stereocenters. The fraction of sp³-hybridized carbons (Fsp3) is 0.556. The maximum atomic E-state index is 12.4. The van der Waals surface area contributed by atoms with Crippen LogP contribution >= 0.6 is 0 Å². The van der Waals surface area contributed by atoms with Crippen molar-refractivity contribution >= 4 is 11.9 Å². The van der Waals surface area contributed by atoms with Gasteiger partial charge in [-0.3, -0.25) is 9.59 Å². The van der Waals surface area contributed by atoms with Crippen LogP contribution < -0.4 is 4.74 Å². The van der Waals surface area contributed by atoms with Gasteiger partial charge < -0.3 is 14.7 Å². The van der Waals surface area contributed by atoms with Crippen molar-refractivity contribution in [3.05, 3.63) is 29.8 Å². The molecule has 1 aliphatic heterocycles. The lowest BCUT2D eigenvalue weighted by Gasteiger charge is -2.28. The minimum atomic E-state index is -4.80. The number of hydrogen-bond donors (Lipinski definition) is 1. The number of likely N-dealkylation sites (tertiary alicyclic amines) is 1. The summed E-state index contributed by atoms with van der Waals surface area (Å²) in [7, 11) is 0. The van der Waals surface area contributed by atoms with Crippen LogP contribution in [0.25, 0.3) is 0 Å². The van der Waals surface area contributed by atoms with Gasteiger partial charge >= 0.3 is 12.3 Å². The average molecular weight is 373 g/mol. The third-order valence-corrected chi connectivity index (χ3v) is 4.99. The van der Waals surface area contributed by atoms with Crippen molar-refractivity contribution in [3.8, 4) is 5.75 Å². The van der Waals surface area contributed by atoms with Crippen molar-refractivity contribution < 1.29 is 32.6 Å². The van der Waals surface area contributed by atoms with E-state index in [2.05, 4.69) is 4.74 Å². The Bertz CT molecular complexity index is 675. The minimum Gasteiger partial charge on any atom is -0.481 e. The molecule has 1 fully saturated rings. The van der Waals surface area contributed by atoms with E-state index in [1.54, 1.807) is 6.07 Å². The molecule has 1 saturated heterocycles. The van der Waals surface area contributed by atoms with Gasteiger partial charge in [-0.2, -0.15) is 0 Å². The van der Waals surface area contributed by atoms with Crippen LogP contribution in [0.15, 0.2) is 24.3 Å². The largest absolute Gasteiger partial charge is 0.573 e. The molecule has 1 amide bonds. The molecule has 0 saturated carbocycles. The van der Waals surface area contributed by atoms with E-state index in [4.69, 9.17) is 0 Å². The predicted molar refractivity (Wildman–Crippen MR) is 87.5 cm³/mol. The van der Waals surface area contributed by atoms with Gasteiger partial charge in [-0.15, -0.1) is 13.2 Å². The normalized spacial score (nSPS) is 20.5. The first-order valence-electron chi connectivity index (χ1n) is 8.40. The fourth-order valence-corrected chi connectivity index (χ4v) is 3.27. The van der Waals surface area contributed by atoms with E-state index in [0.717, 1.165) is 0 Å². The molecule has 0 bridgehead atoms. The van der Waals surface area contributed by atoms with Crippen LogP contribution in [-0.2, 0) is 16.0 Å². The zero-order valence-electron chi connectivity index (χ0n) is 14.7. The van der Waals surface area contributed by atoms with Gasteiger partial charge in [0.25, 0.3) is 0 Å². The summed E-state index contributed by atoms with van der Waals surface area (Å²) < 4.78 is 41.3. The standard InChI is InChI=1S/C18H22F3NO4/c1-12(2)17(16(24)25)9-10-22(11-17)15(23)8-7-13-5-3-4-6-14(13)26-18(19,20)21/h3-6,12H,7-11H2,1-2H3,(H,24,25). The number of carbonyl (C=O) groups excluding carboxylic acids is 1. The molecule has 1 aromatic carbocycles. The van der Waals surface area contributed by atoms with Crippen LogP contribution in [0.1, 0.15) is 32.3 Å². The molecule has 1 aromatic rings. The summed E-state index contributed by atoms with van der Waals surface area (Å²) in [5.41, 5.74) is -0.682. The number of carboxylic acid groups (broad SMARTS) is 1. The first kappa shape index (κ1) is 20.1. The molecule has 0 radical (unpaired) electrons. The van der Waals surface area contributed by atoms with Crippen LogP contribution in [-0.4, -0.2) is 41.3 Å². The van der Waals surface area contributed by atoms with E-state index in [0.29, 0.717) is 13.0 Å². The Hall–Kier alpha value is -2.25. The Labute approximate surface area is 149 Å². The number of nitrogens with zero attached hydrogens (tertiary/aromatic N) is 1. The van der Waals surface area contributed by atoms with Gasteiger partial charge in [-0.05, 0) is 30.4 Å². The van der Waals surface area contributed by atoms with Crippen LogP contribution in [0.5, 0.6) is 5.75 Å². The van der Waals surface area contributed by atoms with E-state index in [1.807, 2.05) is 13.8 Å². The monoisotopic (exact) mass is 373 g/mol. The summed E-state index contributed by atoms with van der Waals surface area (Å²) in [6.45, 7) is 4.09. The number of aliphatic carboxylic acids is 1. The lowest BCUT2D eigenvalue weighted by molar-refractivity contribution is -0.274. The zero-order chi connectivity index (χ0) is 19.5. The van der Waals surface area contributed by atoms with Gasteiger partial charge in [-0.25, -0.2) is 0 Å². The molecule has 2 rings (SSSR count). The lowest BCUT2D eigenvalue weighted by Crippen LogP contribution is -2.40.